The molecular weight excluding hydrogens is 258 g/mol. The molecule has 0 aliphatic rings. The minimum Gasteiger partial charge on any atom is -0.287 e. The standard InChI is InChI=1S/C19H16NO/c21-19(17-10-5-2-6-11-17)15-20-13-7-12-18(14-20)16-8-3-1-4-9-16/h1-14H,15H2/q+1. The minimum atomic E-state index is 0.116. The molecule has 2 nitrogen and oxygen atoms in total. The Morgan fingerprint density at radius 2 is 1.38 bits per heavy atom. The normalized spacial score (nSPS) is 10.3. The van der Waals surface area contributed by atoms with Crippen LogP contribution >= 0.6 is 0 Å². The summed E-state index contributed by atoms with van der Waals surface area (Å²) < 4.78 is 1.93. The van der Waals surface area contributed by atoms with Crippen molar-refractivity contribution in [2.45, 2.75) is 6.54 Å². The van der Waals surface area contributed by atoms with Crippen LogP contribution in [0.5, 0.6) is 0 Å². The Kier molecular flexibility index (Phi) is 3.88. The number of ketones is 1. The van der Waals surface area contributed by atoms with Crippen molar-refractivity contribution in [3.05, 3.63) is 90.8 Å². The van der Waals surface area contributed by atoms with Crippen molar-refractivity contribution in [3.8, 4) is 11.1 Å². The molecule has 2 heteroatoms. The lowest BCUT2D eigenvalue weighted by molar-refractivity contribution is -0.682. The number of nitrogens with zero attached hydrogens (tertiary/aromatic N) is 1. The van der Waals surface area contributed by atoms with E-state index in [1.165, 1.54) is 0 Å². The molecule has 0 fully saturated rings. The molecular formula is C19H16NO+. The molecule has 0 bridgehead atoms. The zero-order valence-electron chi connectivity index (χ0n) is 11.6. The maximum absolute atomic E-state index is 12.2. The molecule has 3 rings (SSSR count). The lowest BCUT2D eigenvalue weighted by Gasteiger charge is -2.01. The first kappa shape index (κ1) is 13.3. The maximum atomic E-state index is 12.2. The summed E-state index contributed by atoms with van der Waals surface area (Å²) in [6.07, 6.45) is 3.93. The van der Waals surface area contributed by atoms with E-state index in [0.29, 0.717) is 6.54 Å². The van der Waals surface area contributed by atoms with Gasteiger partial charge in [0.2, 0.25) is 12.3 Å². The Hall–Kier alpha value is -2.74. The van der Waals surface area contributed by atoms with Crippen molar-refractivity contribution in [2.24, 2.45) is 0 Å². The molecule has 0 N–H and O–H groups in total. The average molecular weight is 274 g/mol. The Balaban J connectivity index is 1.83. The van der Waals surface area contributed by atoms with Gasteiger partial charge in [0.25, 0.3) is 0 Å². The van der Waals surface area contributed by atoms with Gasteiger partial charge in [0.05, 0.1) is 0 Å². The first-order valence-electron chi connectivity index (χ1n) is 6.96. The first-order chi connectivity index (χ1) is 10.3. The number of carbonyl (C=O) groups is 1. The summed E-state index contributed by atoms with van der Waals surface area (Å²) in [6.45, 7) is 0.352. The van der Waals surface area contributed by atoms with Crippen LogP contribution in [-0.2, 0) is 6.54 Å². The number of rotatable bonds is 4. The summed E-state index contributed by atoms with van der Waals surface area (Å²) >= 11 is 0. The molecule has 102 valence electrons. The number of benzene rings is 2. The second-order valence-corrected chi connectivity index (χ2v) is 4.92. The van der Waals surface area contributed by atoms with Crippen LogP contribution in [0.25, 0.3) is 11.1 Å². The number of carbonyl (C=O) groups excluding carboxylic acids is 1. The van der Waals surface area contributed by atoms with Crippen molar-refractivity contribution in [1.29, 1.82) is 0 Å². The molecule has 3 aromatic rings. The largest absolute Gasteiger partial charge is 0.287 e. The summed E-state index contributed by atoms with van der Waals surface area (Å²) in [5, 5.41) is 0. The Morgan fingerprint density at radius 1 is 0.762 bits per heavy atom. The minimum absolute atomic E-state index is 0.116. The van der Waals surface area contributed by atoms with Gasteiger partial charge in [0.1, 0.15) is 0 Å². The third-order valence-electron chi connectivity index (χ3n) is 3.39. The van der Waals surface area contributed by atoms with Gasteiger partial charge in [-0.15, -0.1) is 0 Å². The van der Waals surface area contributed by atoms with E-state index in [-0.39, 0.29) is 5.78 Å². The van der Waals surface area contributed by atoms with Gasteiger partial charge in [0, 0.05) is 17.2 Å². The fourth-order valence-electron chi connectivity index (χ4n) is 2.30. The summed E-state index contributed by atoms with van der Waals surface area (Å²) in [5.41, 5.74) is 3.01. The molecule has 0 aliphatic carbocycles. The van der Waals surface area contributed by atoms with Gasteiger partial charge in [-0.1, -0.05) is 60.7 Å². The van der Waals surface area contributed by atoms with Crippen LogP contribution in [0.3, 0.4) is 0 Å². The summed E-state index contributed by atoms with van der Waals surface area (Å²) in [4.78, 5) is 12.2. The molecule has 2 aromatic carbocycles. The fourth-order valence-corrected chi connectivity index (χ4v) is 2.30. The molecule has 0 saturated carbocycles. The maximum Gasteiger partial charge on any atom is 0.227 e. The lowest BCUT2D eigenvalue weighted by Crippen LogP contribution is -2.37. The van der Waals surface area contributed by atoms with E-state index < -0.39 is 0 Å². The molecule has 0 unspecified atom stereocenters. The van der Waals surface area contributed by atoms with Crippen LogP contribution in [0.4, 0.5) is 0 Å². The second kappa shape index (κ2) is 6.14. The van der Waals surface area contributed by atoms with E-state index in [1.54, 1.807) is 0 Å². The molecule has 21 heavy (non-hydrogen) atoms. The number of pyridine rings is 1. The smallest absolute Gasteiger partial charge is 0.227 e. The van der Waals surface area contributed by atoms with Crippen molar-refractivity contribution >= 4 is 5.78 Å². The highest BCUT2D eigenvalue weighted by atomic mass is 16.1. The molecule has 0 amide bonds. The quantitative estimate of drug-likeness (QED) is 0.526. The van der Waals surface area contributed by atoms with E-state index in [9.17, 15) is 4.79 Å². The summed E-state index contributed by atoms with van der Waals surface area (Å²) in [5.74, 6) is 0.116. The van der Waals surface area contributed by atoms with Gasteiger partial charge >= 0.3 is 0 Å². The van der Waals surface area contributed by atoms with E-state index in [1.807, 2.05) is 71.6 Å². The predicted molar refractivity (Wildman–Crippen MR) is 82.8 cm³/mol. The van der Waals surface area contributed by atoms with E-state index in [2.05, 4.69) is 18.2 Å². The third-order valence-corrected chi connectivity index (χ3v) is 3.39. The highest BCUT2D eigenvalue weighted by Gasteiger charge is 2.12. The molecule has 0 radical (unpaired) electrons. The van der Waals surface area contributed by atoms with E-state index >= 15 is 0 Å². The monoisotopic (exact) mass is 274 g/mol. The van der Waals surface area contributed by atoms with Crippen LogP contribution in [0.2, 0.25) is 0 Å². The predicted octanol–water partition coefficient (Wildman–Crippen LogP) is 3.52. The van der Waals surface area contributed by atoms with Crippen LogP contribution in [0, 0.1) is 0 Å². The molecule has 0 saturated heterocycles. The van der Waals surface area contributed by atoms with Crippen LogP contribution in [0.15, 0.2) is 85.2 Å². The number of hydrogen-bond donors (Lipinski definition) is 0. The topological polar surface area (TPSA) is 20.9 Å². The van der Waals surface area contributed by atoms with Crippen molar-refractivity contribution < 1.29 is 9.36 Å². The summed E-state index contributed by atoms with van der Waals surface area (Å²) in [6, 6.07) is 23.6. The van der Waals surface area contributed by atoms with Crippen LogP contribution in [0.1, 0.15) is 10.4 Å². The highest BCUT2D eigenvalue weighted by Crippen LogP contribution is 2.16. The highest BCUT2D eigenvalue weighted by molar-refractivity contribution is 5.94. The van der Waals surface area contributed by atoms with Gasteiger partial charge in [-0.2, -0.15) is 4.57 Å². The average Bonchev–Trinajstić information content (AvgIpc) is 2.57. The van der Waals surface area contributed by atoms with Crippen LogP contribution < -0.4 is 4.57 Å². The van der Waals surface area contributed by atoms with Crippen molar-refractivity contribution in [2.75, 3.05) is 0 Å². The molecule has 0 atom stereocenters. The summed E-state index contributed by atoms with van der Waals surface area (Å²) in [7, 11) is 0. The molecule has 0 spiro atoms. The Morgan fingerprint density at radius 3 is 2.10 bits per heavy atom. The molecule has 1 heterocycles. The second-order valence-electron chi connectivity index (χ2n) is 4.92. The Bertz CT molecular complexity index is 736. The Labute approximate surface area is 124 Å². The van der Waals surface area contributed by atoms with Crippen molar-refractivity contribution in [3.63, 3.8) is 0 Å². The third kappa shape index (κ3) is 3.23. The molecule has 1 aromatic heterocycles. The number of aromatic nitrogens is 1. The molecule has 0 aliphatic heterocycles. The SMILES string of the molecule is O=C(C[n+]1cccc(-c2ccccc2)c1)c1ccccc1. The van der Waals surface area contributed by atoms with E-state index in [4.69, 9.17) is 0 Å². The number of Topliss-reactive ketones (excluding diaryl/α,β-unsaturated/α-hetero) is 1. The fraction of sp³-hybridized carbons (Fsp3) is 0.0526. The van der Waals surface area contributed by atoms with Gasteiger partial charge in [-0.3, -0.25) is 4.79 Å². The first-order valence-corrected chi connectivity index (χ1v) is 6.96. The van der Waals surface area contributed by atoms with Crippen molar-refractivity contribution in [1.82, 2.24) is 0 Å². The number of hydrogen-bond acceptors (Lipinski definition) is 1. The zero-order valence-corrected chi connectivity index (χ0v) is 11.6. The van der Waals surface area contributed by atoms with Gasteiger partial charge < -0.3 is 0 Å². The lowest BCUT2D eigenvalue weighted by atomic mass is 10.1. The van der Waals surface area contributed by atoms with Gasteiger partial charge in [-0.25, -0.2) is 0 Å². The van der Waals surface area contributed by atoms with Gasteiger partial charge in [-0.05, 0) is 11.6 Å². The van der Waals surface area contributed by atoms with E-state index in [0.717, 1.165) is 16.7 Å². The zero-order chi connectivity index (χ0) is 14.5. The van der Waals surface area contributed by atoms with Crippen LogP contribution in [-0.4, -0.2) is 5.78 Å². The van der Waals surface area contributed by atoms with Gasteiger partial charge in [0.15, 0.2) is 12.4 Å².